The van der Waals surface area contributed by atoms with Gasteiger partial charge in [-0.05, 0) is 12.8 Å². The molecule has 14 heavy (non-hydrogen) atoms. The lowest BCUT2D eigenvalue weighted by molar-refractivity contribution is -0.132. The zero-order valence-corrected chi connectivity index (χ0v) is 8.87. The van der Waals surface area contributed by atoms with Crippen LogP contribution in [0.4, 0.5) is 0 Å². The van der Waals surface area contributed by atoms with E-state index >= 15 is 0 Å². The lowest BCUT2D eigenvalue weighted by Gasteiger charge is -2.22. The number of carbonyl (C=O) groups excluding carboxylic acids is 1. The molecule has 0 aromatic heterocycles. The van der Waals surface area contributed by atoms with Crippen LogP contribution >= 0.6 is 0 Å². The highest BCUT2D eigenvalue weighted by Gasteiger charge is 2.12. The van der Waals surface area contributed by atoms with E-state index < -0.39 is 0 Å². The van der Waals surface area contributed by atoms with Crippen LogP contribution < -0.4 is 0 Å². The second-order valence-electron chi connectivity index (χ2n) is 3.98. The SMILES string of the molecule is O=C1CCCCCCCCN1CCO. The van der Waals surface area contributed by atoms with Crippen LogP contribution in [0.2, 0.25) is 0 Å². The molecule has 0 atom stereocenters. The monoisotopic (exact) mass is 199 g/mol. The third-order valence-corrected chi connectivity index (χ3v) is 2.79. The zero-order valence-electron chi connectivity index (χ0n) is 8.87. The first-order chi connectivity index (χ1) is 6.84. The molecule has 1 heterocycles. The number of β-amino-alcohol motifs (C(OH)–C–C–N with tert-alkyl or cyclic N) is 1. The van der Waals surface area contributed by atoms with E-state index in [4.69, 9.17) is 5.11 Å². The fourth-order valence-corrected chi connectivity index (χ4v) is 1.93. The molecule has 1 saturated heterocycles. The Kier molecular flexibility index (Phi) is 5.60. The molecule has 0 aliphatic carbocycles. The van der Waals surface area contributed by atoms with Crippen LogP contribution in [0.15, 0.2) is 0 Å². The quantitative estimate of drug-likeness (QED) is 0.733. The Morgan fingerprint density at radius 2 is 1.71 bits per heavy atom. The first kappa shape index (κ1) is 11.5. The molecule has 1 rings (SSSR count). The van der Waals surface area contributed by atoms with Crippen molar-refractivity contribution in [2.45, 2.75) is 44.9 Å². The summed E-state index contributed by atoms with van der Waals surface area (Å²) in [5.41, 5.74) is 0. The molecule has 0 spiro atoms. The van der Waals surface area contributed by atoms with Gasteiger partial charge in [-0.3, -0.25) is 4.79 Å². The Morgan fingerprint density at radius 3 is 2.43 bits per heavy atom. The van der Waals surface area contributed by atoms with Crippen molar-refractivity contribution in [3.05, 3.63) is 0 Å². The topological polar surface area (TPSA) is 40.5 Å². The minimum Gasteiger partial charge on any atom is -0.395 e. The Labute approximate surface area is 86.1 Å². The summed E-state index contributed by atoms with van der Waals surface area (Å²) in [6.45, 7) is 1.43. The molecule has 3 nitrogen and oxygen atoms in total. The predicted octanol–water partition coefficient (Wildman–Crippen LogP) is 1.55. The molecule has 1 aliphatic heterocycles. The van der Waals surface area contributed by atoms with Gasteiger partial charge in [-0.25, -0.2) is 0 Å². The minimum absolute atomic E-state index is 0.0890. The Bertz CT molecular complexity index is 171. The number of aliphatic hydroxyl groups is 1. The van der Waals surface area contributed by atoms with Gasteiger partial charge >= 0.3 is 0 Å². The average Bonchev–Trinajstić information content (AvgIpc) is 2.20. The van der Waals surface area contributed by atoms with Crippen molar-refractivity contribution in [2.24, 2.45) is 0 Å². The summed E-state index contributed by atoms with van der Waals surface area (Å²) in [6.07, 6.45) is 7.73. The van der Waals surface area contributed by atoms with E-state index in [1.54, 1.807) is 0 Å². The number of hydrogen-bond acceptors (Lipinski definition) is 2. The number of carbonyl (C=O) groups is 1. The molecule has 1 amide bonds. The van der Waals surface area contributed by atoms with Crippen LogP contribution in [0, 0.1) is 0 Å². The van der Waals surface area contributed by atoms with Gasteiger partial charge in [0.15, 0.2) is 0 Å². The van der Waals surface area contributed by atoms with Crippen LogP contribution in [0.3, 0.4) is 0 Å². The van der Waals surface area contributed by atoms with Crippen LogP contribution in [0.5, 0.6) is 0 Å². The first-order valence-corrected chi connectivity index (χ1v) is 5.73. The van der Waals surface area contributed by atoms with E-state index in [0.29, 0.717) is 13.0 Å². The third kappa shape index (κ3) is 4.09. The fourth-order valence-electron chi connectivity index (χ4n) is 1.93. The minimum atomic E-state index is 0.0890. The highest BCUT2D eigenvalue weighted by Crippen LogP contribution is 2.12. The van der Waals surface area contributed by atoms with E-state index in [1.807, 2.05) is 4.90 Å². The highest BCUT2D eigenvalue weighted by molar-refractivity contribution is 5.76. The van der Waals surface area contributed by atoms with Crippen molar-refractivity contribution in [1.82, 2.24) is 4.90 Å². The van der Waals surface area contributed by atoms with Crippen LogP contribution in [-0.2, 0) is 4.79 Å². The number of hydrogen-bond donors (Lipinski definition) is 1. The maximum atomic E-state index is 11.6. The summed E-state index contributed by atoms with van der Waals surface area (Å²) < 4.78 is 0. The molecule has 1 N–H and O–H groups in total. The maximum Gasteiger partial charge on any atom is 0.222 e. The first-order valence-electron chi connectivity index (χ1n) is 5.73. The molecular formula is C11H21NO2. The third-order valence-electron chi connectivity index (χ3n) is 2.79. The molecule has 0 aromatic rings. The smallest absolute Gasteiger partial charge is 0.222 e. The average molecular weight is 199 g/mol. The molecule has 1 fully saturated rings. The fraction of sp³-hybridized carbons (Fsp3) is 0.909. The summed E-state index contributed by atoms with van der Waals surface area (Å²) >= 11 is 0. The molecular weight excluding hydrogens is 178 g/mol. The second-order valence-corrected chi connectivity index (χ2v) is 3.98. The van der Waals surface area contributed by atoms with Gasteiger partial charge in [0.2, 0.25) is 5.91 Å². The molecule has 0 radical (unpaired) electrons. The standard InChI is InChI=1S/C11H21NO2/c13-10-9-12-8-6-4-2-1-3-5-7-11(12)14/h13H,1-10H2. The van der Waals surface area contributed by atoms with Gasteiger partial charge in [-0.1, -0.05) is 25.7 Å². The van der Waals surface area contributed by atoms with Crippen molar-refractivity contribution in [1.29, 1.82) is 0 Å². The van der Waals surface area contributed by atoms with Crippen molar-refractivity contribution in [2.75, 3.05) is 19.7 Å². The summed E-state index contributed by atoms with van der Waals surface area (Å²) in [5.74, 6) is 0.223. The summed E-state index contributed by atoms with van der Waals surface area (Å²) in [5, 5.41) is 8.83. The summed E-state index contributed by atoms with van der Waals surface area (Å²) in [4.78, 5) is 13.4. The van der Waals surface area contributed by atoms with Crippen LogP contribution in [0.25, 0.3) is 0 Å². The van der Waals surface area contributed by atoms with Gasteiger partial charge in [-0.2, -0.15) is 0 Å². The normalized spacial score (nSPS) is 20.9. The van der Waals surface area contributed by atoms with Gasteiger partial charge < -0.3 is 10.0 Å². The van der Waals surface area contributed by atoms with E-state index in [9.17, 15) is 4.79 Å². The number of nitrogens with zero attached hydrogens (tertiary/aromatic N) is 1. The molecule has 3 heteroatoms. The second kappa shape index (κ2) is 6.82. The Morgan fingerprint density at radius 1 is 1.07 bits per heavy atom. The van der Waals surface area contributed by atoms with Gasteiger partial charge in [0.25, 0.3) is 0 Å². The van der Waals surface area contributed by atoms with E-state index in [0.717, 1.165) is 19.4 Å². The molecule has 0 unspecified atom stereocenters. The van der Waals surface area contributed by atoms with Crippen molar-refractivity contribution in [3.8, 4) is 0 Å². The van der Waals surface area contributed by atoms with Crippen molar-refractivity contribution >= 4 is 5.91 Å². The largest absolute Gasteiger partial charge is 0.395 e. The molecule has 0 bridgehead atoms. The van der Waals surface area contributed by atoms with E-state index in [-0.39, 0.29) is 12.5 Å². The van der Waals surface area contributed by atoms with Gasteiger partial charge in [0, 0.05) is 19.5 Å². The molecule has 82 valence electrons. The van der Waals surface area contributed by atoms with Crippen molar-refractivity contribution < 1.29 is 9.90 Å². The van der Waals surface area contributed by atoms with Crippen LogP contribution in [-0.4, -0.2) is 35.6 Å². The number of aliphatic hydroxyl groups excluding tert-OH is 1. The predicted molar refractivity (Wildman–Crippen MR) is 56.0 cm³/mol. The van der Waals surface area contributed by atoms with Crippen LogP contribution in [0.1, 0.15) is 44.9 Å². The lowest BCUT2D eigenvalue weighted by atomic mass is 10.1. The Balaban J connectivity index is 2.38. The van der Waals surface area contributed by atoms with E-state index in [1.165, 1.54) is 25.7 Å². The molecule has 0 saturated carbocycles. The molecule has 1 aliphatic rings. The number of amides is 1. The molecule has 0 aromatic carbocycles. The Hall–Kier alpha value is -0.570. The lowest BCUT2D eigenvalue weighted by Crippen LogP contribution is -2.34. The van der Waals surface area contributed by atoms with Gasteiger partial charge in [0.05, 0.1) is 6.61 Å². The van der Waals surface area contributed by atoms with Crippen molar-refractivity contribution in [3.63, 3.8) is 0 Å². The highest BCUT2D eigenvalue weighted by atomic mass is 16.3. The number of rotatable bonds is 2. The zero-order chi connectivity index (χ0) is 10.2. The maximum absolute atomic E-state index is 11.6. The van der Waals surface area contributed by atoms with E-state index in [2.05, 4.69) is 0 Å². The summed E-state index contributed by atoms with van der Waals surface area (Å²) in [7, 11) is 0. The summed E-state index contributed by atoms with van der Waals surface area (Å²) in [6, 6.07) is 0. The van der Waals surface area contributed by atoms with Gasteiger partial charge in [0.1, 0.15) is 0 Å². The van der Waals surface area contributed by atoms with Gasteiger partial charge in [-0.15, -0.1) is 0 Å².